The first-order valence-corrected chi connectivity index (χ1v) is 7.36. The van der Waals surface area contributed by atoms with E-state index in [9.17, 15) is 4.79 Å². The second kappa shape index (κ2) is 6.53. The minimum Gasteiger partial charge on any atom is -0.465 e. The van der Waals surface area contributed by atoms with Gasteiger partial charge in [-0.05, 0) is 6.92 Å². The van der Waals surface area contributed by atoms with Crippen molar-refractivity contribution in [2.45, 2.75) is 45.7 Å². The first kappa shape index (κ1) is 15.9. The number of nitrogens with zero attached hydrogens (tertiary/aromatic N) is 3. The molecule has 1 N–H and O–H groups in total. The molecular weight excluding hydrogens is 272 g/mol. The molecule has 0 bridgehead atoms. The number of carbonyl (C=O) groups excluding carboxylic acids is 1. The van der Waals surface area contributed by atoms with Gasteiger partial charge in [-0.25, -0.2) is 0 Å². The molecule has 1 aliphatic rings. The van der Waals surface area contributed by atoms with E-state index < -0.39 is 0 Å². The minimum absolute atomic E-state index is 0.147. The fourth-order valence-corrected chi connectivity index (χ4v) is 2.20. The van der Waals surface area contributed by atoms with Crippen LogP contribution in [0, 0.1) is 0 Å². The van der Waals surface area contributed by atoms with E-state index in [1.165, 1.54) is 0 Å². The molecule has 1 aromatic rings. The molecule has 1 unspecified atom stereocenters. The first-order chi connectivity index (χ1) is 9.91. The van der Waals surface area contributed by atoms with E-state index in [1.807, 2.05) is 32.6 Å². The zero-order chi connectivity index (χ0) is 15.5. The third-order valence-corrected chi connectivity index (χ3v) is 3.39. The molecule has 1 fully saturated rings. The van der Waals surface area contributed by atoms with Crippen molar-refractivity contribution in [3.05, 3.63) is 11.7 Å². The summed E-state index contributed by atoms with van der Waals surface area (Å²) in [5.74, 6) is 1.01. The molecule has 7 heteroatoms. The highest BCUT2D eigenvalue weighted by molar-refractivity contribution is 5.76. The zero-order valence-corrected chi connectivity index (χ0v) is 13.2. The van der Waals surface area contributed by atoms with Gasteiger partial charge in [0, 0.05) is 25.0 Å². The van der Waals surface area contributed by atoms with Crippen molar-refractivity contribution in [1.29, 1.82) is 0 Å². The number of hydrogen-bond acceptors (Lipinski definition) is 7. The number of carbonyl (C=O) groups is 1. The third kappa shape index (κ3) is 4.01. The highest BCUT2D eigenvalue weighted by atomic mass is 16.5. The van der Waals surface area contributed by atoms with Gasteiger partial charge in [0.25, 0.3) is 0 Å². The topological polar surface area (TPSA) is 80.5 Å². The summed E-state index contributed by atoms with van der Waals surface area (Å²) in [4.78, 5) is 18.4. The van der Waals surface area contributed by atoms with E-state index in [0.717, 1.165) is 13.1 Å². The number of esters is 1. The highest BCUT2D eigenvalue weighted by Crippen LogP contribution is 2.19. The monoisotopic (exact) mass is 296 g/mol. The predicted molar refractivity (Wildman–Crippen MR) is 76.7 cm³/mol. The molecule has 0 spiro atoms. The summed E-state index contributed by atoms with van der Waals surface area (Å²) in [6.45, 7) is 10.9. The Morgan fingerprint density at radius 2 is 2.29 bits per heavy atom. The molecule has 1 saturated heterocycles. The second-order valence-electron chi connectivity index (χ2n) is 6.20. The molecule has 1 aromatic heterocycles. The Bertz CT molecular complexity index is 481. The van der Waals surface area contributed by atoms with Gasteiger partial charge in [-0.15, -0.1) is 0 Å². The van der Waals surface area contributed by atoms with E-state index >= 15 is 0 Å². The molecular formula is C14H24N4O3. The molecule has 0 aromatic carbocycles. The smallest absolute Gasteiger partial charge is 0.324 e. The molecule has 118 valence electrons. The summed E-state index contributed by atoms with van der Waals surface area (Å²) in [6.07, 6.45) is 0. The van der Waals surface area contributed by atoms with Crippen LogP contribution in [0.5, 0.6) is 0 Å². The lowest BCUT2D eigenvalue weighted by molar-refractivity contribution is -0.150. The van der Waals surface area contributed by atoms with Crippen LogP contribution < -0.4 is 5.32 Å². The number of rotatable bonds is 4. The van der Waals surface area contributed by atoms with Gasteiger partial charge in [0.1, 0.15) is 6.04 Å². The highest BCUT2D eigenvalue weighted by Gasteiger charge is 2.31. The quantitative estimate of drug-likeness (QED) is 0.819. The van der Waals surface area contributed by atoms with E-state index in [2.05, 4.69) is 15.5 Å². The fourth-order valence-electron chi connectivity index (χ4n) is 2.20. The Kier molecular flexibility index (Phi) is 4.95. The van der Waals surface area contributed by atoms with Gasteiger partial charge in [-0.2, -0.15) is 4.98 Å². The standard InChI is InChI=1S/C14H24N4O3/c1-5-20-12(19)10-8-15-6-7-18(10)9-11-16-13(17-21-11)14(2,3)4/h10,15H,5-9H2,1-4H3. The van der Waals surface area contributed by atoms with Gasteiger partial charge in [-0.1, -0.05) is 25.9 Å². The molecule has 2 heterocycles. The van der Waals surface area contributed by atoms with Crippen LogP contribution in [0.15, 0.2) is 4.52 Å². The van der Waals surface area contributed by atoms with Gasteiger partial charge >= 0.3 is 5.97 Å². The molecule has 21 heavy (non-hydrogen) atoms. The SMILES string of the molecule is CCOC(=O)C1CNCCN1Cc1nc(C(C)(C)C)no1. The van der Waals surface area contributed by atoms with Crippen LogP contribution in [-0.2, 0) is 21.5 Å². The normalized spacial score (nSPS) is 20.5. The average Bonchev–Trinajstić information content (AvgIpc) is 2.88. The molecule has 2 rings (SSSR count). The Hall–Kier alpha value is -1.47. The number of aromatic nitrogens is 2. The zero-order valence-electron chi connectivity index (χ0n) is 13.2. The largest absolute Gasteiger partial charge is 0.465 e. The number of hydrogen-bond donors (Lipinski definition) is 1. The van der Waals surface area contributed by atoms with Crippen molar-refractivity contribution in [1.82, 2.24) is 20.4 Å². The number of piperazine rings is 1. The summed E-state index contributed by atoms with van der Waals surface area (Å²) in [5.41, 5.74) is -0.147. The third-order valence-electron chi connectivity index (χ3n) is 3.39. The molecule has 7 nitrogen and oxygen atoms in total. The van der Waals surface area contributed by atoms with Crippen molar-refractivity contribution in [3.63, 3.8) is 0 Å². The first-order valence-electron chi connectivity index (χ1n) is 7.36. The summed E-state index contributed by atoms with van der Waals surface area (Å²) in [7, 11) is 0. The van der Waals surface area contributed by atoms with Crippen LogP contribution in [0.2, 0.25) is 0 Å². The molecule has 0 amide bonds. The Balaban J connectivity index is 2.05. The minimum atomic E-state index is -0.302. The summed E-state index contributed by atoms with van der Waals surface area (Å²) in [6, 6.07) is -0.302. The summed E-state index contributed by atoms with van der Waals surface area (Å²) < 4.78 is 10.4. The fraction of sp³-hybridized carbons (Fsp3) is 0.786. The summed E-state index contributed by atoms with van der Waals surface area (Å²) in [5, 5.41) is 7.22. The van der Waals surface area contributed by atoms with Crippen LogP contribution in [0.4, 0.5) is 0 Å². The van der Waals surface area contributed by atoms with Gasteiger partial charge < -0.3 is 14.6 Å². The van der Waals surface area contributed by atoms with E-state index in [4.69, 9.17) is 9.26 Å². The van der Waals surface area contributed by atoms with Crippen LogP contribution in [0.3, 0.4) is 0 Å². The van der Waals surface area contributed by atoms with E-state index in [0.29, 0.717) is 31.4 Å². The van der Waals surface area contributed by atoms with Gasteiger partial charge in [-0.3, -0.25) is 9.69 Å². The lowest BCUT2D eigenvalue weighted by atomic mass is 9.96. The van der Waals surface area contributed by atoms with E-state index in [1.54, 1.807) is 0 Å². The second-order valence-corrected chi connectivity index (χ2v) is 6.20. The maximum absolute atomic E-state index is 12.0. The Morgan fingerprint density at radius 3 is 2.90 bits per heavy atom. The van der Waals surface area contributed by atoms with Crippen molar-refractivity contribution in [2.75, 3.05) is 26.2 Å². The van der Waals surface area contributed by atoms with E-state index in [-0.39, 0.29) is 17.4 Å². The molecule has 0 aliphatic carbocycles. The molecule has 0 saturated carbocycles. The number of nitrogens with one attached hydrogen (secondary N) is 1. The Labute approximate surface area is 125 Å². The van der Waals surface area contributed by atoms with Crippen LogP contribution in [0.25, 0.3) is 0 Å². The van der Waals surface area contributed by atoms with Crippen molar-refractivity contribution in [3.8, 4) is 0 Å². The summed E-state index contributed by atoms with van der Waals surface area (Å²) >= 11 is 0. The Morgan fingerprint density at radius 1 is 1.52 bits per heavy atom. The van der Waals surface area contributed by atoms with Crippen LogP contribution in [0.1, 0.15) is 39.4 Å². The predicted octanol–water partition coefficient (Wildman–Crippen LogP) is 0.704. The lowest BCUT2D eigenvalue weighted by Gasteiger charge is -2.33. The van der Waals surface area contributed by atoms with Gasteiger partial charge in [0.2, 0.25) is 5.89 Å². The van der Waals surface area contributed by atoms with Crippen molar-refractivity contribution in [2.24, 2.45) is 0 Å². The van der Waals surface area contributed by atoms with Gasteiger partial charge in [0.05, 0.1) is 13.2 Å². The molecule has 1 aliphatic heterocycles. The average molecular weight is 296 g/mol. The number of ether oxygens (including phenoxy) is 1. The lowest BCUT2D eigenvalue weighted by Crippen LogP contribution is -2.54. The maximum atomic E-state index is 12.0. The molecule has 1 atom stereocenters. The maximum Gasteiger partial charge on any atom is 0.324 e. The van der Waals surface area contributed by atoms with Crippen molar-refractivity contribution >= 4 is 5.97 Å². The molecule has 0 radical (unpaired) electrons. The van der Waals surface area contributed by atoms with Crippen molar-refractivity contribution < 1.29 is 14.1 Å². The van der Waals surface area contributed by atoms with Crippen LogP contribution >= 0.6 is 0 Å². The van der Waals surface area contributed by atoms with Gasteiger partial charge in [0.15, 0.2) is 5.82 Å². The van der Waals surface area contributed by atoms with Crippen LogP contribution in [-0.4, -0.2) is 53.3 Å².